The summed E-state index contributed by atoms with van der Waals surface area (Å²) >= 11 is 0. The van der Waals surface area contributed by atoms with Crippen LogP contribution in [-0.2, 0) is 9.45 Å². The van der Waals surface area contributed by atoms with Gasteiger partial charge in [-0.2, -0.15) is 0 Å². The maximum absolute atomic E-state index is 11.9. The zero-order valence-electron chi connectivity index (χ0n) is 13.4. The number of carbonyl (C=O) groups is 1. The van der Waals surface area contributed by atoms with Crippen molar-refractivity contribution in [3.8, 4) is 0 Å². The molecule has 0 amide bonds. The summed E-state index contributed by atoms with van der Waals surface area (Å²) in [5.41, 5.74) is 0. The smallest absolute Gasteiger partial charge is 0.378 e. The molecular weight excluding hydrogens is 249 g/mol. The minimum absolute atomic E-state index is 0.00667. The first-order chi connectivity index (χ1) is 9.58. The van der Waals surface area contributed by atoms with Crippen LogP contribution in [0, 0.1) is 17.8 Å². The van der Waals surface area contributed by atoms with Gasteiger partial charge in [-0.3, -0.25) is 4.79 Å². The summed E-state index contributed by atoms with van der Waals surface area (Å²) in [5, 5.41) is 0. The second kappa shape index (κ2) is 9.43. The highest BCUT2D eigenvalue weighted by molar-refractivity contribution is 6.05. The van der Waals surface area contributed by atoms with Gasteiger partial charge in [-0.05, 0) is 57.2 Å². The van der Waals surface area contributed by atoms with Crippen molar-refractivity contribution in [1.29, 1.82) is 0 Å². The van der Waals surface area contributed by atoms with Gasteiger partial charge in [0.1, 0.15) is 0 Å². The average Bonchev–Trinajstić information content (AvgIpc) is 2.46. The first-order valence-corrected chi connectivity index (χ1v) is 8.21. The van der Waals surface area contributed by atoms with E-state index < -0.39 is 0 Å². The van der Waals surface area contributed by atoms with Crippen LogP contribution < -0.4 is 0 Å². The van der Waals surface area contributed by atoms with Crippen LogP contribution in [0.15, 0.2) is 0 Å². The maximum Gasteiger partial charge on any atom is 0.378 e. The van der Waals surface area contributed by atoms with Crippen molar-refractivity contribution >= 4 is 14.0 Å². The first-order valence-electron chi connectivity index (χ1n) is 8.21. The average molecular weight is 279 g/mol. The molecular formula is C16H30BNO2. The van der Waals surface area contributed by atoms with E-state index in [0.717, 1.165) is 51.1 Å². The van der Waals surface area contributed by atoms with Gasteiger partial charge in [-0.15, -0.1) is 0 Å². The van der Waals surface area contributed by atoms with E-state index in [9.17, 15) is 4.79 Å². The summed E-state index contributed by atoms with van der Waals surface area (Å²) in [4.78, 5) is 14.4. The third-order valence-electron chi connectivity index (χ3n) is 4.51. The summed E-state index contributed by atoms with van der Waals surface area (Å²) < 4.78 is 4.52. The minimum Gasteiger partial charge on any atom is -0.543 e. The maximum atomic E-state index is 11.9. The molecule has 0 saturated carbocycles. The van der Waals surface area contributed by atoms with Crippen LogP contribution in [0.2, 0.25) is 0 Å². The number of piperidine rings is 1. The summed E-state index contributed by atoms with van der Waals surface area (Å²) in [5.74, 6) is 1.01. The molecule has 20 heavy (non-hydrogen) atoms. The van der Waals surface area contributed by atoms with Crippen molar-refractivity contribution in [2.24, 2.45) is 17.8 Å². The molecule has 1 aliphatic rings. The Balaban J connectivity index is 2.41. The Kier molecular flexibility index (Phi) is 8.28. The van der Waals surface area contributed by atoms with Gasteiger partial charge < -0.3 is 9.55 Å². The van der Waals surface area contributed by atoms with Gasteiger partial charge in [0.15, 0.2) is 0 Å². The van der Waals surface area contributed by atoms with Gasteiger partial charge in [0.2, 0.25) is 0 Å². The number of carbonyl (C=O) groups excluding carboxylic acids is 1. The molecule has 1 aliphatic heterocycles. The van der Waals surface area contributed by atoms with Gasteiger partial charge in [-0.25, -0.2) is 0 Å². The fraction of sp³-hybridized carbons (Fsp3) is 0.938. The molecule has 1 rings (SSSR count). The summed E-state index contributed by atoms with van der Waals surface area (Å²) in [6, 6.07) is 0. The van der Waals surface area contributed by atoms with E-state index in [4.69, 9.17) is 8.05 Å². The molecule has 1 heterocycles. The van der Waals surface area contributed by atoms with Crippen molar-refractivity contribution in [3.05, 3.63) is 0 Å². The van der Waals surface area contributed by atoms with Crippen LogP contribution >= 0.6 is 0 Å². The third-order valence-corrected chi connectivity index (χ3v) is 4.51. The highest BCUT2D eigenvalue weighted by Crippen LogP contribution is 2.29. The Bertz CT molecular complexity index is 276. The van der Waals surface area contributed by atoms with E-state index in [-0.39, 0.29) is 11.9 Å². The van der Waals surface area contributed by atoms with Crippen LogP contribution in [0.3, 0.4) is 0 Å². The van der Waals surface area contributed by atoms with Crippen molar-refractivity contribution in [3.63, 3.8) is 0 Å². The predicted octanol–water partition coefficient (Wildman–Crippen LogP) is 3.18. The Morgan fingerprint density at radius 2 is 1.95 bits per heavy atom. The van der Waals surface area contributed by atoms with Crippen molar-refractivity contribution in [2.45, 2.75) is 59.3 Å². The van der Waals surface area contributed by atoms with Crippen LogP contribution in [0.1, 0.15) is 59.3 Å². The Morgan fingerprint density at radius 3 is 2.45 bits per heavy atom. The van der Waals surface area contributed by atoms with E-state index >= 15 is 0 Å². The standard InChI is InChI=1S/C16H30BNO2/c1-4-5-6-15(16(19)20-17)14-8-11-18(12-9-14)10-7-13(2)3/h13-15H,4-12H2,1-3H3. The highest BCUT2D eigenvalue weighted by atomic mass is 16.5. The molecule has 1 fully saturated rings. The molecule has 2 radical (unpaired) electrons. The van der Waals surface area contributed by atoms with Crippen LogP contribution in [0.4, 0.5) is 0 Å². The van der Waals surface area contributed by atoms with Gasteiger partial charge >= 0.3 is 8.05 Å². The molecule has 0 aliphatic carbocycles. The predicted molar refractivity (Wildman–Crippen MR) is 83.5 cm³/mol. The molecule has 1 atom stereocenters. The van der Waals surface area contributed by atoms with E-state index in [1.165, 1.54) is 13.0 Å². The lowest BCUT2D eigenvalue weighted by Crippen LogP contribution is -2.39. The zero-order valence-corrected chi connectivity index (χ0v) is 13.4. The lowest BCUT2D eigenvalue weighted by atomic mass is 9.81. The van der Waals surface area contributed by atoms with E-state index in [0.29, 0.717) is 5.92 Å². The Labute approximate surface area is 125 Å². The van der Waals surface area contributed by atoms with Gasteiger partial charge in [0.25, 0.3) is 5.97 Å². The number of hydrogen-bond acceptors (Lipinski definition) is 3. The van der Waals surface area contributed by atoms with Crippen LogP contribution in [0.25, 0.3) is 0 Å². The third kappa shape index (κ3) is 5.86. The topological polar surface area (TPSA) is 29.5 Å². The molecule has 1 saturated heterocycles. The van der Waals surface area contributed by atoms with Gasteiger partial charge in [0.05, 0.1) is 5.92 Å². The molecule has 114 valence electrons. The van der Waals surface area contributed by atoms with Crippen LogP contribution in [-0.4, -0.2) is 38.6 Å². The van der Waals surface area contributed by atoms with Crippen molar-refractivity contribution in [1.82, 2.24) is 4.90 Å². The van der Waals surface area contributed by atoms with Gasteiger partial charge in [0, 0.05) is 0 Å². The first kappa shape index (κ1) is 17.5. The lowest BCUT2D eigenvalue weighted by molar-refractivity contribution is -0.141. The number of unbranched alkanes of at least 4 members (excludes halogenated alkanes) is 1. The zero-order chi connectivity index (χ0) is 15.0. The second-order valence-electron chi connectivity index (χ2n) is 6.55. The molecule has 0 aromatic rings. The number of nitrogens with zero attached hydrogens (tertiary/aromatic N) is 1. The largest absolute Gasteiger partial charge is 0.543 e. The summed E-state index contributed by atoms with van der Waals surface area (Å²) in [6.45, 7) is 10.1. The van der Waals surface area contributed by atoms with Crippen LogP contribution in [0.5, 0.6) is 0 Å². The normalized spacial score (nSPS) is 19.2. The lowest BCUT2D eigenvalue weighted by Gasteiger charge is -2.35. The molecule has 0 aromatic carbocycles. The van der Waals surface area contributed by atoms with Crippen molar-refractivity contribution < 1.29 is 9.45 Å². The number of likely N-dealkylation sites (tertiary alicyclic amines) is 1. The molecule has 0 aromatic heterocycles. The molecule has 0 spiro atoms. The molecule has 1 unspecified atom stereocenters. The van der Waals surface area contributed by atoms with Gasteiger partial charge in [-0.1, -0.05) is 33.6 Å². The highest BCUT2D eigenvalue weighted by Gasteiger charge is 2.31. The summed E-state index contributed by atoms with van der Waals surface area (Å²) in [7, 11) is 5.10. The number of hydrogen-bond donors (Lipinski definition) is 0. The Hall–Kier alpha value is -0.505. The number of rotatable bonds is 8. The monoisotopic (exact) mass is 279 g/mol. The SMILES string of the molecule is [B]OC(=O)C(CCCC)C1CCN(CCC(C)C)CC1. The quantitative estimate of drug-likeness (QED) is 0.639. The van der Waals surface area contributed by atoms with E-state index in [1.807, 2.05) is 0 Å². The molecule has 0 N–H and O–H groups in total. The molecule has 4 heteroatoms. The second-order valence-corrected chi connectivity index (χ2v) is 6.55. The van der Waals surface area contributed by atoms with Crippen molar-refractivity contribution in [2.75, 3.05) is 19.6 Å². The van der Waals surface area contributed by atoms with E-state index in [2.05, 4.69) is 30.3 Å². The Morgan fingerprint density at radius 1 is 1.30 bits per heavy atom. The fourth-order valence-corrected chi connectivity index (χ4v) is 3.08. The molecule has 3 nitrogen and oxygen atoms in total. The van der Waals surface area contributed by atoms with E-state index in [1.54, 1.807) is 0 Å². The summed E-state index contributed by atoms with van der Waals surface area (Å²) in [6.07, 6.45) is 6.57. The minimum atomic E-state index is -0.209. The molecule has 0 bridgehead atoms. The fourth-order valence-electron chi connectivity index (χ4n) is 3.08.